The highest BCUT2D eigenvalue weighted by atomic mass is 16.6. The van der Waals surface area contributed by atoms with Crippen LogP contribution in [0.15, 0.2) is 54.6 Å². The second kappa shape index (κ2) is 11.2. The maximum atomic E-state index is 12.0. The van der Waals surface area contributed by atoms with Crippen LogP contribution in [0.1, 0.15) is 12.0 Å². The number of nitrogens with zero attached hydrogens (tertiary/aromatic N) is 1. The molecule has 146 valence electrons. The zero-order chi connectivity index (χ0) is 19.5. The van der Waals surface area contributed by atoms with Crippen LogP contribution in [0, 0.1) is 0 Å². The summed E-state index contributed by atoms with van der Waals surface area (Å²) < 4.78 is 9.99. The SMILES string of the molecule is O=C(O)COCC=CCN1C(=O)OCC[C@@H]1C=CC(O)Cc1ccccc1. The number of amides is 1. The van der Waals surface area contributed by atoms with Gasteiger partial charge in [-0.15, -0.1) is 0 Å². The average molecular weight is 375 g/mol. The number of carbonyl (C=O) groups is 2. The first-order valence-corrected chi connectivity index (χ1v) is 8.84. The number of aliphatic hydroxyl groups is 1. The van der Waals surface area contributed by atoms with Crippen LogP contribution >= 0.6 is 0 Å². The highest BCUT2D eigenvalue weighted by Gasteiger charge is 2.26. The van der Waals surface area contributed by atoms with Crippen LogP contribution in [0.2, 0.25) is 0 Å². The summed E-state index contributed by atoms with van der Waals surface area (Å²) >= 11 is 0. The van der Waals surface area contributed by atoms with E-state index in [9.17, 15) is 14.7 Å². The topological polar surface area (TPSA) is 96.3 Å². The fraction of sp³-hybridized carbons (Fsp3) is 0.400. The molecule has 0 bridgehead atoms. The van der Waals surface area contributed by atoms with Gasteiger partial charge in [0.25, 0.3) is 0 Å². The standard InChI is InChI=1S/C20H25NO6/c22-18(14-16-6-2-1-3-7-16)9-8-17-10-13-27-20(25)21(17)11-4-5-12-26-15-19(23)24/h1-9,17-18,22H,10-15H2,(H,23,24)/t17-,18?/m0/s1. The van der Waals surface area contributed by atoms with Gasteiger partial charge in [0.15, 0.2) is 0 Å². The van der Waals surface area contributed by atoms with Crippen molar-refractivity contribution in [2.45, 2.75) is 25.0 Å². The van der Waals surface area contributed by atoms with Crippen molar-refractivity contribution in [3.05, 3.63) is 60.2 Å². The molecule has 0 spiro atoms. The molecule has 1 fully saturated rings. The number of aliphatic hydroxyl groups excluding tert-OH is 1. The zero-order valence-electron chi connectivity index (χ0n) is 15.1. The fourth-order valence-corrected chi connectivity index (χ4v) is 2.70. The summed E-state index contributed by atoms with van der Waals surface area (Å²) in [6, 6.07) is 9.53. The molecule has 2 atom stereocenters. The van der Waals surface area contributed by atoms with Gasteiger partial charge in [0.2, 0.25) is 0 Å². The van der Waals surface area contributed by atoms with E-state index >= 15 is 0 Å². The van der Waals surface area contributed by atoms with Crippen LogP contribution in [0.25, 0.3) is 0 Å². The third-order valence-corrected chi connectivity index (χ3v) is 4.03. The normalized spacial score (nSPS) is 18.8. The molecule has 1 heterocycles. The van der Waals surface area contributed by atoms with Gasteiger partial charge in [-0.2, -0.15) is 0 Å². The smallest absolute Gasteiger partial charge is 0.410 e. The van der Waals surface area contributed by atoms with Gasteiger partial charge in [-0.25, -0.2) is 9.59 Å². The first-order valence-electron chi connectivity index (χ1n) is 8.84. The highest BCUT2D eigenvalue weighted by molar-refractivity contribution is 5.69. The second-order valence-corrected chi connectivity index (χ2v) is 6.14. The van der Waals surface area contributed by atoms with Gasteiger partial charge in [0.1, 0.15) is 6.61 Å². The minimum absolute atomic E-state index is 0.158. The molecule has 1 aliphatic rings. The predicted octanol–water partition coefficient (Wildman–Crippen LogP) is 2.01. The minimum atomic E-state index is -1.03. The van der Waals surface area contributed by atoms with Crippen molar-refractivity contribution < 1.29 is 29.3 Å². The van der Waals surface area contributed by atoms with Crippen LogP contribution in [0.3, 0.4) is 0 Å². The summed E-state index contributed by atoms with van der Waals surface area (Å²) in [4.78, 5) is 23.9. The van der Waals surface area contributed by atoms with E-state index in [0.717, 1.165) is 5.56 Å². The highest BCUT2D eigenvalue weighted by Crippen LogP contribution is 2.15. The average Bonchev–Trinajstić information content (AvgIpc) is 2.65. The van der Waals surface area contributed by atoms with E-state index < -0.39 is 18.2 Å². The number of hydrogen-bond acceptors (Lipinski definition) is 5. The molecule has 27 heavy (non-hydrogen) atoms. The van der Waals surface area contributed by atoms with Crippen molar-refractivity contribution in [1.82, 2.24) is 4.90 Å². The first kappa shape index (κ1) is 20.7. The molecule has 0 aromatic heterocycles. The summed E-state index contributed by atoms with van der Waals surface area (Å²) in [5.41, 5.74) is 1.04. The predicted molar refractivity (Wildman–Crippen MR) is 99.3 cm³/mol. The van der Waals surface area contributed by atoms with Crippen LogP contribution in [-0.2, 0) is 20.7 Å². The largest absolute Gasteiger partial charge is 0.480 e. The quantitative estimate of drug-likeness (QED) is 0.480. The summed E-state index contributed by atoms with van der Waals surface area (Å²) in [5, 5.41) is 18.7. The van der Waals surface area contributed by atoms with Gasteiger partial charge >= 0.3 is 12.1 Å². The Morgan fingerprint density at radius 3 is 2.85 bits per heavy atom. The Hall–Kier alpha value is -2.64. The molecule has 0 saturated carbocycles. The lowest BCUT2D eigenvalue weighted by Gasteiger charge is -2.32. The van der Waals surface area contributed by atoms with E-state index in [4.69, 9.17) is 14.6 Å². The van der Waals surface area contributed by atoms with E-state index in [1.54, 1.807) is 23.1 Å². The van der Waals surface area contributed by atoms with Gasteiger partial charge < -0.3 is 19.7 Å². The van der Waals surface area contributed by atoms with Gasteiger partial charge in [0.05, 0.1) is 25.4 Å². The van der Waals surface area contributed by atoms with Gasteiger partial charge in [0, 0.05) is 19.4 Å². The molecule has 7 heteroatoms. The number of carboxylic acids is 1. The summed E-state index contributed by atoms with van der Waals surface area (Å²) in [5.74, 6) is -1.03. The summed E-state index contributed by atoms with van der Waals surface area (Å²) in [7, 11) is 0. The molecule has 1 aromatic rings. The molecule has 1 amide bonds. The number of rotatable bonds is 10. The molecule has 2 rings (SSSR count). The lowest BCUT2D eigenvalue weighted by atomic mass is 10.1. The molecule has 2 N–H and O–H groups in total. The Kier molecular flexibility index (Phi) is 8.54. The van der Waals surface area contributed by atoms with Gasteiger partial charge in [-0.3, -0.25) is 4.90 Å². The van der Waals surface area contributed by atoms with Gasteiger partial charge in [-0.1, -0.05) is 54.6 Å². The molecule has 1 aliphatic heterocycles. The van der Waals surface area contributed by atoms with Crippen molar-refractivity contribution >= 4 is 12.1 Å². The number of benzene rings is 1. The number of aliphatic carboxylic acids is 1. The van der Waals surface area contributed by atoms with Crippen LogP contribution in [0.4, 0.5) is 4.79 Å². The van der Waals surface area contributed by atoms with E-state index in [1.165, 1.54) is 0 Å². The van der Waals surface area contributed by atoms with E-state index in [-0.39, 0.29) is 19.3 Å². The maximum absolute atomic E-state index is 12.0. The van der Waals surface area contributed by atoms with E-state index in [1.807, 2.05) is 36.4 Å². The molecule has 1 saturated heterocycles. The monoisotopic (exact) mass is 375 g/mol. The number of carbonyl (C=O) groups excluding carboxylic acids is 1. The van der Waals surface area contributed by atoms with Crippen molar-refractivity contribution in [3.63, 3.8) is 0 Å². The van der Waals surface area contributed by atoms with E-state index in [0.29, 0.717) is 26.0 Å². The number of hydrogen-bond donors (Lipinski definition) is 2. The van der Waals surface area contributed by atoms with Crippen molar-refractivity contribution in [1.29, 1.82) is 0 Å². The molecule has 7 nitrogen and oxygen atoms in total. The third-order valence-electron chi connectivity index (χ3n) is 4.03. The molecular formula is C20H25NO6. The zero-order valence-corrected chi connectivity index (χ0v) is 15.1. The second-order valence-electron chi connectivity index (χ2n) is 6.14. The number of ether oxygens (including phenoxy) is 2. The minimum Gasteiger partial charge on any atom is -0.480 e. The van der Waals surface area contributed by atoms with Crippen molar-refractivity contribution in [2.24, 2.45) is 0 Å². The Labute approximate surface area is 158 Å². The molecule has 0 radical (unpaired) electrons. The third kappa shape index (κ3) is 7.64. The lowest BCUT2D eigenvalue weighted by molar-refractivity contribution is -0.141. The van der Waals surface area contributed by atoms with Crippen LogP contribution in [0.5, 0.6) is 0 Å². The molecule has 0 aliphatic carbocycles. The number of carboxylic acid groups (broad SMARTS) is 1. The molecular weight excluding hydrogens is 350 g/mol. The van der Waals surface area contributed by atoms with Crippen LogP contribution in [-0.4, -0.2) is 65.7 Å². The number of cyclic esters (lactones) is 1. The van der Waals surface area contributed by atoms with Crippen LogP contribution < -0.4 is 0 Å². The van der Waals surface area contributed by atoms with Crippen molar-refractivity contribution in [2.75, 3.05) is 26.4 Å². The molecule has 1 aromatic carbocycles. The summed E-state index contributed by atoms with van der Waals surface area (Å²) in [6.45, 7) is 0.454. The molecule has 1 unspecified atom stereocenters. The Morgan fingerprint density at radius 1 is 1.33 bits per heavy atom. The Balaban J connectivity index is 1.85. The summed E-state index contributed by atoms with van der Waals surface area (Å²) in [6.07, 6.45) is 7.05. The Morgan fingerprint density at radius 2 is 2.11 bits per heavy atom. The van der Waals surface area contributed by atoms with E-state index in [2.05, 4.69) is 0 Å². The maximum Gasteiger partial charge on any atom is 0.410 e. The first-order chi connectivity index (χ1) is 13.1. The fourth-order valence-electron chi connectivity index (χ4n) is 2.70. The lowest BCUT2D eigenvalue weighted by Crippen LogP contribution is -2.44. The Bertz CT molecular complexity index is 658. The van der Waals surface area contributed by atoms with Gasteiger partial charge in [-0.05, 0) is 5.56 Å². The van der Waals surface area contributed by atoms with Crippen molar-refractivity contribution in [3.8, 4) is 0 Å².